The van der Waals surface area contributed by atoms with Crippen molar-refractivity contribution in [2.45, 2.75) is 26.7 Å². The van der Waals surface area contributed by atoms with E-state index in [1.165, 1.54) is 0 Å². The Balaban J connectivity index is -0.000000180. The van der Waals surface area contributed by atoms with Gasteiger partial charge in [-0.1, -0.05) is 13.8 Å². The molecule has 15 heavy (non-hydrogen) atoms. The molecule has 0 aliphatic heterocycles. The zero-order valence-corrected chi connectivity index (χ0v) is 11.4. The van der Waals surface area contributed by atoms with E-state index in [0.29, 0.717) is 13.1 Å². The Labute approximate surface area is 119 Å². The monoisotopic (exact) mass is 244 g/mol. The number of hydrogen-bond acceptors (Lipinski definition) is 4. The second kappa shape index (κ2) is 16.2. The van der Waals surface area contributed by atoms with Gasteiger partial charge in [-0.3, -0.25) is 0 Å². The number of amides is 2. The van der Waals surface area contributed by atoms with Gasteiger partial charge >= 0.3 is 37.7 Å². The molecule has 0 spiro atoms. The summed E-state index contributed by atoms with van der Waals surface area (Å²) in [6, 6.07) is 0. The molecule has 0 fully saturated rings. The van der Waals surface area contributed by atoms with Crippen LogP contribution in [0.1, 0.15) is 26.7 Å². The van der Waals surface area contributed by atoms with E-state index in [0.717, 1.165) is 12.8 Å². The van der Waals surface area contributed by atoms with Crippen molar-refractivity contribution in [1.29, 1.82) is 0 Å². The molecule has 0 bridgehead atoms. The first-order valence-electron chi connectivity index (χ1n) is 4.44. The Morgan fingerprint density at radius 2 is 1.20 bits per heavy atom. The van der Waals surface area contributed by atoms with E-state index in [9.17, 15) is 19.8 Å². The van der Waals surface area contributed by atoms with Gasteiger partial charge in [0.05, 0.1) is 0 Å². The predicted octanol–water partition coefficient (Wildman–Crippen LogP) is -1.72. The summed E-state index contributed by atoms with van der Waals surface area (Å²) in [5.41, 5.74) is 0. The minimum absolute atomic E-state index is 0. The summed E-state index contributed by atoms with van der Waals surface area (Å²) >= 11 is 0. The number of nitrogens with one attached hydrogen (secondary N) is 2. The van der Waals surface area contributed by atoms with Crippen LogP contribution >= 0.6 is 0 Å². The number of carbonyl (C=O) groups excluding carboxylic acids is 2. The van der Waals surface area contributed by atoms with Gasteiger partial charge in [0.1, 0.15) is 12.2 Å². The number of hydrogen-bond donors (Lipinski definition) is 2. The molecular formula is C8H16CaN2O4. The Hall–Kier alpha value is -0.200. The van der Waals surface area contributed by atoms with Crippen molar-refractivity contribution < 1.29 is 19.8 Å². The first-order chi connectivity index (χ1) is 6.54. The maximum atomic E-state index is 9.54. The summed E-state index contributed by atoms with van der Waals surface area (Å²) in [5.74, 6) is 0. The molecule has 2 N–H and O–H groups in total. The molecule has 2 amide bonds. The zero-order valence-electron chi connectivity index (χ0n) is 9.17. The van der Waals surface area contributed by atoms with Gasteiger partial charge in [-0.15, -0.1) is 0 Å². The van der Waals surface area contributed by atoms with Crippen LogP contribution in [-0.4, -0.2) is 63.0 Å². The van der Waals surface area contributed by atoms with Crippen LogP contribution in [0.5, 0.6) is 0 Å². The van der Waals surface area contributed by atoms with E-state index in [2.05, 4.69) is 10.6 Å². The van der Waals surface area contributed by atoms with E-state index >= 15 is 0 Å². The third kappa shape index (κ3) is 31.6. The number of carboxylic acid groups (broad SMARTS) is 2. The molecular weight excluding hydrogens is 228 g/mol. The molecule has 0 atom stereocenters. The van der Waals surface area contributed by atoms with Gasteiger partial charge in [-0.2, -0.15) is 0 Å². The molecule has 6 nitrogen and oxygen atoms in total. The van der Waals surface area contributed by atoms with Crippen molar-refractivity contribution in [2.24, 2.45) is 0 Å². The summed E-state index contributed by atoms with van der Waals surface area (Å²) in [4.78, 5) is 19.1. The zero-order chi connectivity index (χ0) is 11.4. The average Bonchev–Trinajstić information content (AvgIpc) is 2.12. The van der Waals surface area contributed by atoms with Gasteiger partial charge < -0.3 is 30.4 Å². The van der Waals surface area contributed by atoms with Crippen LogP contribution < -0.4 is 20.8 Å². The summed E-state index contributed by atoms with van der Waals surface area (Å²) in [6.07, 6.45) is -0.759. The topological polar surface area (TPSA) is 104 Å². The molecule has 0 heterocycles. The van der Waals surface area contributed by atoms with Crippen molar-refractivity contribution >= 4 is 49.9 Å². The Kier molecular flexibility index (Phi) is 21.9. The third-order valence-corrected chi connectivity index (χ3v) is 1.04. The molecule has 0 aromatic carbocycles. The molecule has 0 aliphatic carbocycles. The van der Waals surface area contributed by atoms with Crippen LogP contribution in [0.2, 0.25) is 0 Å². The third-order valence-electron chi connectivity index (χ3n) is 1.04. The van der Waals surface area contributed by atoms with E-state index in [1.54, 1.807) is 0 Å². The molecule has 0 radical (unpaired) electrons. The summed E-state index contributed by atoms with van der Waals surface area (Å²) in [7, 11) is 0. The van der Waals surface area contributed by atoms with E-state index in [-0.39, 0.29) is 37.7 Å². The van der Waals surface area contributed by atoms with Crippen molar-refractivity contribution in [3.8, 4) is 0 Å². The first kappa shape index (κ1) is 20.2. The Morgan fingerprint density at radius 1 is 0.933 bits per heavy atom. The fourth-order valence-electron chi connectivity index (χ4n) is 0.454. The quantitative estimate of drug-likeness (QED) is 0.574. The van der Waals surface area contributed by atoms with Gasteiger partial charge in [0, 0.05) is 13.1 Å². The van der Waals surface area contributed by atoms with Gasteiger partial charge in [0.15, 0.2) is 0 Å². The fraction of sp³-hybridized carbons (Fsp3) is 0.750. The second-order valence-corrected chi connectivity index (χ2v) is 2.43. The van der Waals surface area contributed by atoms with Crippen molar-refractivity contribution in [2.75, 3.05) is 13.1 Å². The molecule has 0 unspecified atom stereocenters. The van der Waals surface area contributed by atoms with E-state index < -0.39 is 12.2 Å². The standard InChI is InChI=1S/2C4H9NO2.Ca/c2*1-2-3-5-4(6)7;/h2*5H,2-3H2,1H3,(H,6,7);/q;;+2/p-2. The summed E-state index contributed by atoms with van der Waals surface area (Å²) in [6.45, 7) is 4.75. The van der Waals surface area contributed by atoms with Crippen molar-refractivity contribution in [3.05, 3.63) is 0 Å². The minimum Gasteiger partial charge on any atom is -0.530 e. The first-order valence-corrected chi connectivity index (χ1v) is 4.44. The van der Waals surface area contributed by atoms with Crippen LogP contribution in [0.3, 0.4) is 0 Å². The van der Waals surface area contributed by atoms with Crippen LogP contribution in [0.25, 0.3) is 0 Å². The summed E-state index contributed by atoms with van der Waals surface area (Å²) in [5, 5.41) is 23.3. The van der Waals surface area contributed by atoms with E-state index in [4.69, 9.17) is 0 Å². The van der Waals surface area contributed by atoms with Crippen molar-refractivity contribution in [1.82, 2.24) is 10.6 Å². The molecule has 0 saturated heterocycles. The molecule has 84 valence electrons. The minimum atomic E-state index is -1.19. The smallest absolute Gasteiger partial charge is 0.530 e. The Bertz CT molecular complexity index is 149. The summed E-state index contributed by atoms with van der Waals surface area (Å²) < 4.78 is 0. The Morgan fingerprint density at radius 3 is 1.27 bits per heavy atom. The molecule has 0 saturated carbocycles. The fourth-order valence-corrected chi connectivity index (χ4v) is 0.454. The maximum Gasteiger partial charge on any atom is 2.00 e. The van der Waals surface area contributed by atoms with Crippen LogP contribution in [-0.2, 0) is 0 Å². The SMILES string of the molecule is CCCNC(=O)[O-].CCCNC(=O)[O-].[Ca+2]. The largest absolute Gasteiger partial charge is 2.00 e. The van der Waals surface area contributed by atoms with Crippen LogP contribution in [0, 0.1) is 0 Å². The average molecular weight is 244 g/mol. The van der Waals surface area contributed by atoms with Crippen LogP contribution in [0.15, 0.2) is 0 Å². The molecule has 0 aromatic rings. The molecule has 0 aromatic heterocycles. The molecule has 0 aliphatic rings. The number of carbonyl (C=O) groups is 2. The van der Waals surface area contributed by atoms with Gasteiger partial charge in [0.25, 0.3) is 0 Å². The van der Waals surface area contributed by atoms with Gasteiger partial charge in [0.2, 0.25) is 0 Å². The maximum absolute atomic E-state index is 9.54. The second-order valence-electron chi connectivity index (χ2n) is 2.43. The molecule has 0 rings (SSSR count). The normalized spacial score (nSPS) is 7.60. The number of rotatable bonds is 4. The van der Waals surface area contributed by atoms with Gasteiger partial charge in [-0.25, -0.2) is 0 Å². The molecule has 7 heteroatoms. The van der Waals surface area contributed by atoms with Gasteiger partial charge in [-0.05, 0) is 12.8 Å². The predicted molar refractivity (Wildman–Crippen MR) is 53.1 cm³/mol. The van der Waals surface area contributed by atoms with E-state index in [1.807, 2.05) is 13.8 Å². The van der Waals surface area contributed by atoms with Crippen molar-refractivity contribution in [3.63, 3.8) is 0 Å². The van der Waals surface area contributed by atoms with Crippen LogP contribution in [0.4, 0.5) is 9.59 Å².